The van der Waals surface area contributed by atoms with Crippen LogP contribution in [0.5, 0.6) is 11.5 Å². The highest BCUT2D eigenvalue weighted by Gasteiger charge is 2.22. The molecule has 138 valence electrons. The highest BCUT2D eigenvalue weighted by atomic mass is 16.5. The van der Waals surface area contributed by atoms with Gasteiger partial charge in [0, 0.05) is 19.6 Å². The molecule has 1 aliphatic rings. The Balaban J connectivity index is 1.59. The zero-order valence-corrected chi connectivity index (χ0v) is 15.7. The largest absolute Gasteiger partial charge is 0.493 e. The summed E-state index contributed by atoms with van der Waals surface area (Å²) >= 11 is 0. The van der Waals surface area contributed by atoms with Crippen LogP contribution in [0.3, 0.4) is 0 Å². The first-order chi connectivity index (χ1) is 12.6. The molecule has 1 heterocycles. The second-order valence-electron chi connectivity index (χ2n) is 6.57. The van der Waals surface area contributed by atoms with Gasteiger partial charge < -0.3 is 19.7 Å². The van der Waals surface area contributed by atoms with Crippen molar-refractivity contribution in [2.75, 3.05) is 27.3 Å². The number of aryl methyl sites for hydroxylation is 1. The summed E-state index contributed by atoms with van der Waals surface area (Å²) in [7, 11) is 3.27. The summed E-state index contributed by atoms with van der Waals surface area (Å²) in [5.41, 5.74) is 4.81. The summed E-state index contributed by atoms with van der Waals surface area (Å²) < 4.78 is 10.7. The average molecular weight is 354 g/mol. The fraction of sp³-hybridized carbons (Fsp3) is 0.381. The Bertz CT molecular complexity index is 789. The van der Waals surface area contributed by atoms with Crippen molar-refractivity contribution in [2.45, 2.75) is 26.4 Å². The first kappa shape index (κ1) is 18.3. The van der Waals surface area contributed by atoms with Gasteiger partial charge in [0.25, 0.3) is 0 Å². The molecule has 5 nitrogen and oxygen atoms in total. The summed E-state index contributed by atoms with van der Waals surface area (Å²) in [6.45, 7) is 4.47. The number of carbonyl (C=O) groups is 1. The van der Waals surface area contributed by atoms with E-state index in [1.54, 1.807) is 14.2 Å². The van der Waals surface area contributed by atoms with Crippen molar-refractivity contribution in [1.82, 2.24) is 10.2 Å². The summed E-state index contributed by atoms with van der Waals surface area (Å²) in [5.74, 6) is 1.57. The lowest BCUT2D eigenvalue weighted by Gasteiger charge is -2.29. The molecule has 1 N–H and O–H groups in total. The normalized spacial score (nSPS) is 13.3. The third kappa shape index (κ3) is 3.99. The molecule has 3 rings (SSSR count). The van der Waals surface area contributed by atoms with E-state index in [-0.39, 0.29) is 5.91 Å². The van der Waals surface area contributed by atoms with Crippen LogP contribution in [0.25, 0.3) is 0 Å². The molecule has 2 aromatic carbocycles. The molecule has 0 fully saturated rings. The van der Waals surface area contributed by atoms with E-state index in [2.05, 4.69) is 24.4 Å². The molecule has 5 heteroatoms. The van der Waals surface area contributed by atoms with Crippen LogP contribution in [0.2, 0.25) is 0 Å². The molecule has 0 aromatic heterocycles. The van der Waals surface area contributed by atoms with Crippen LogP contribution in [0.4, 0.5) is 0 Å². The topological polar surface area (TPSA) is 50.8 Å². The molecule has 0 bridgehead atoms. The minimum atomic E-state index is 0.124. The maximum Gasteiger partial charge on any atom is 0.236 e. The number of ether oxygens (including phenoxy) is 2. The van der Waals surface area contributed by atoms with Crippen LogP contribution in [0.15, 0.2) is 36.4 Å². The highest BCUT2D eigenvalue weighted by molar-refractivity contribution is 5.78. The van der Waals surface area contributed by atoms with Gasteiger partial charge in [0.15, 0.2) is 11.5 Å². The standard InChI is InChI=1S/C21H26N2O3/c1-15-6-4-5-7-17(15)12-22-13-21(24)23-9-8-16-10-19(25-2)20(26-3)11-18(16)14-23/h4-7,10-11,22H,8-9,12-14H2,1-3H3. The number of hydrogen-bond donors (Lipinski definition) is 1. The second-order valence-corrected chi connectivity index (χ2v) is 6.57. The summed E-state index contributed by atoms with van der Waals surface area (Å²) in [4.78, 5) is 14.5. The van der Waals surface area contributed by atoms with Crippen LogP contribution >= 0.6 is 0 Å². The van der Waals surface area contributed by atoms with Crippen LogP contribution in [-0.2, 0) is 24.3 Å². The van der Waals surface area contributed by atoms with Crippen molar-refractivity contribution in [1.29, 1.82) is 0 Å². The van der Waals surface area contributed by atoms with Crippen molar-refractivity contribution >= 4 is 5.91 Å². The quantitative estimate of drug-likeness (QED) is 0.867. The monoisotopic (exact) mass is 354 g/mol. The Hall–Kier alpha value is -2.53. The molecule has 1 amide bonds. The Kier molecular flexibility index (Phi) is 5.78. The lowest BCUT2D eigenvalue weighted by Crippen LogP contribution is -2.41. The fourth-order valence-electron chi connectivity index (χ4n) is 3.32. The van der Waals surface area contributed by atoms with Gasteiger partial charge in [-0.25, -0.2) is 0 Å². The highest BCUT2D eigenvalue weighted by Crippen LogP contribution is 2.33. The molecule has 0 spiro atoms. The molecule has 0 aliphatic carbocycles. The summed E-state index contributed by atoms with van der Waals surface area (Å²) in [6.07, 6.45) is 0.833. The predicted octanol–water partition coefficient (Wildman–Crippen LogP) is 2.69. The zero-order chi connectivity index (χ0) is 18.5. The molecule has 0 saturated heterocycles. The number of amides is 1. The number of carbonyl (C=O) groups excluding carboxylic acids is 1. The average Bonchev–Trinajstić information content (AvgIpc) is 2.67. The molecule has 1 aliphatic heterocycles. The lowest BCUT2D eigenvalue weighted by atomic mass is 9.98. The van der Waals surface area contributed by atoms with E-state index in [9.17, 15) is 4.79 Å². The maximum absolute atomic E-state index is 12.6. The number of nitrogens with zero attached hydrogens (tertiary/aromatic N) is 1. The molecule has 2 aromatic rings. The maximum atomic E-state index is 12.6. The summed E-state index contributed by atoms with van der Waals surface area (Å²) in [5, 5.41) is 3.27. The number of rotatable bonds is 6. The van der Waals surface area contributed by atoms with Gasteiger partial charge in [-0.1, -0.05) is 24.3 Å². The van der Waals surface area contributed by atoms with Gasteiger partial charge in [0.2, 0.25) is 5.91 Å². The summed E-state index contributed by atoms with van der Waals surface area (Å²) in [6, 6.07) is 12.2. The van der Waals surface area contributed by atoms with Crippen molar-refractivity contribution < 1.29 is 14.3 Å². The Morgan fingerprint density at radius 3 is 2.50 bits per heavy atom. The Morgan fingerprint density at radius 1 is 1.12 bits per heavy atom. The van der Waals surface area contributed by atoms with Crippen molar-refractivity contribution in [3.8, 4) is 11.5 Å². The molecule has 26 heavy (non-hydrogen) atoms. The van der Waals surface area contributed by atoms with Gasteiger partial charge in [-0.15, -0.1) is 0 Å². The zero-order valence-electron chi connectivity index (χ0n) is 15.7. The van der Waals surface area contributed by atoms with Crippen molar-refractivity contribution in [3.05, 3.63) is 58.7 Å². The number of nitrogens with one attached hydrogen (secondary N) is 1. The number of benzene rings is 2. The van der Waals surface area contributed by atoms with E-state index in [1.807, 2.05) is 29.2 Å². The van der Waals surface area contributed by atoms with Gasteiger partial charge in [-0.05, 0) is 47.7 Å². The van der Waals surface area contributed by atoms with Gasteiger partial charge in [-0.2, -0.15) is 0 Å². The van der Waals surface area contributed by atoms with E-state index in [4.69, 9.17) is 9.47 Å². The van der Waals surface area contributed by atoms with Gasteiger partial charge >= 0.3 is 0 Å². The fourth-order valence-corrected chi connectivity index (χ4v) is 3.32. The van der Waals surface area contributed by atoms with Crippen LogP contribution in [0.1, 0.15) is 22.3 Å². The molecular weight excluding hydrogens is 328 g/mol. The molecule has 0 saturated carbocycles. The van der Waals surface area contributed by atoms with Crippen LogP contribution < -0.4 is 14.8 Å². The first-order valence-corrected chi connectivity index (χ1v) is 8.89. The van der Waals surface area contributed by atoms with E-state index in [1.165, 1.54) is 16.7 Å². The van der Waals surface area contributed by atoms with Gasteiger partial charge in [0.05, 0.1) is 20.8 Å². The molecule has 0 atom stereocenters. The predicted molar refractivity (Wildman–Crippen MR) is 102 cm³/mol. The number of hydrogen-bond acceptors (Lipinski definition) is 4. The van der Waals surface area contributed by atoms with E-state index in [0.29, 0.717) is 25.4 Å². The SMILES string of the molecule is COc1cc2c(cc1OC)CN(C(=O)CNCc1ccccc1C)CC2. The number of fused-ring (bicyclic) bond motifs is 1. The Morgan fingerprint density at radius 2 is 1.81 bits per heavy atom. The molecule has 0 unspecified atom stereocenters. The van der Waals surface area contributed by atoms with Crippen LogP contribution in [0, 0.1) is 6.92 Å². The van der Waals surface area contributed by atoms with Gasteiger partial charge in [-0.3, -0.25) is 4.79 Å². The minimum absolute atomic E-state index is 0.124. The third-order valence-corrected chi connectivity index (χ3v) is 4.92. The van der Waals surface area contributed by atoms with Gasteiger partial charge in [0.1, 0.15) is 0 Å². The number of methoxy groups -OCH3 is 2. The Labute approximate surface area is 154 Å². The second kappa shape index (κ2) is 8.23. The van der Waals surface area contributed by atoms with Crippen molar-refractivity contribution in [2.24, 2.45) is 0 Å². The smallest absolute Gasteiger partial charge is 0.236 e. The van der Waals surface area contributed by atoms with Crippen molar-refractivity contribution in [3.63, 3.8) is 0 Å². The molecular formula is C21H26N2O3. The first-order valence-electron chi connectivity index (χ1n) is 8.89. The molecule has 0 radical (unpaired) electrons. The van der Waals surface area contributed by atoms with E-state index in [0.717, 1.165) is 24.3 Å². The minimum Gasteiger partial charge on any atom is -0.493 e. The third-order valence-electron chi connectivity index (χ3n) is 4.92. The van der Waals surface area contributed by atoms with Crippen LogP contribution in [-0.4, -0.2) is 38.1 Å². The van der Waals surface area contributed by atoms with E-state index >= 15 is 0 Å². The lowest BCUT2D eigenvalue weighted by molar-refractivity contribution is -0.131. The van der Waals surface area contributed by atoms with E-state index < -0.39 is 0 Å².